The molecule has 2 atom stereocenters. The molecular weight excluding hydrogens is 723 g/mol. The summed E-state index contributed by atoms with van der Waals surface area (Å²) in [6.07, 6.45) is 47.4. The van der Waals surface area contributed by atoms with E-state index < -0.39 is 19.9 Å². The molecule has 1 N–H and O–H groups in total. The molecule has 0 aliphatic rings. The third-order valence-electron chi connectivity index (χ3n) is 11.1. The largest absolute Gasteiger partial charge is 0.472 e. The smallest absolute Gasteiger partial charge is 0.462 e. The highest BCUT2D eigenvalue weighted by Crippen LogP contribution is 2.42. The number of ether oxygens (including phenoxy) is 2. The van der Waals surface area contributed by atoms with Gasteiger partial charge in [-0.15, -0.1) is 0 Å². The molecule has 0 radical (unpaired) electrons. The highest BCUT2D eigenvalue weighted by molar-refractivity contribution is 7.47. The number of hydrogen-bond donors (Lipinski definition) is 1. The van der Waals surface area contributed by atoms with Crippen molar-refractivity contribution in [3.8, 4) is 0 Å². The average molecular weight is 817 g/mol. The first-order valence-electron chi connectivity index (χ1n) is 24.2. The highest BCUT2D eigenvalue weighted by atomic mass is 31.2. The van der Waals surface area contributed by atoms with Gasteiger partial charge < -0.3 is 14.4 Å². The second-order valence-electron chi connectivity index (χ2n) is 16.6. The molecule has 0 rings (SSSR count). The first kappa shape index (κ1) is 55.0. The van der Waals surface area contributed by atoms with Gasteiger partial charge in [0.1, 0.15) is 6.61 Å². The lowest BCUT2D eigenvalue weighted by Gasteiger charge is -2.19. The SMILES string of the molecule is CCCCCCCCCCCCCCCCCCCCCCCCCC(=O)OC(COC(=O)CCCCCCCCCCCCCCCC)COP(=O)(O)OC. The van der Waals surface area contributed by atoms with Crippen molar-refractivity contribution < 1.29 is 37.6 Å². The number of esters is 2. The first-order valence-corrected chi connectivity index (χ1v) is 25.7. The molecule has 0 aliphatic heterocycles. The van der Waals surface area contributed by atoms with E-state index in [0.717, 1.165) is 45.6 Å². The van der Waals surface area contributed by atoms with Crippen LogP contribution in [-0.4, -0.2) is 43.3 Å². The molecular formula is C47H93O8P. The van der Waals surface area contributed by atoms with Crippen LogP contribution in [0, 0.1) is 0 Å². The molecule has 334 valence electrons. The van der Waals surface area contributed by atoms with Crippen LogP contribution < -0.4 is 0 Å². The minimum Gasteiger partial charge on any atom is -0.462 e. The van der Waals surface area contributed by atoms with E-state index in [2.05, 4.69) is 18.4 Å². The van der Waals surface area contributed by atoms with E-state index >= 15 is 0 Å². The zero-order valence-corrected chi connectivity index (χ0v) is 38.2. The van der Waals surface area contributed by atoms with Gasteiger partial charge in [-0.2, -0.15) is 0 Å². The predicted octanol–water partition coefficient (Wildman–Crippen LogP) is 15.5. The van der Waals surface area contributed by atoms with Crippen LogP contribution in [0.1, 0.15) is 264 Å². The van der Waals surface area contributed by atoms with Crippen molar-refractivity contribution in [1.29, 1.82) is 0 Å². The van der Waals surface area contributed by atoms with E-state index in [9.17, 15) is 19.0 Å². The van der Waals surface area contributed by atoms with Crippen LogP contribution in [0.4, 0.5) is 0 Å². The van der Waals surface area contributed by atoms with Crippen LogP contribution in [0.25, 0.3) is 0 Å². The second-order valence-corrected chi connectivity index (χ2v) is 18.2. The van der Waals surface area contributed by atoms with E-state index in [4.69, 9.17) is 14.0 Å². The second kappa shape index (κ2) is 43.6. The molecule has 0 aromatic heterocycles. The fourth-order valence-electron chi connectivity index (χ4n) is 7.37. The number of unbranched alkanes of at least 4 members (excludes halogenated alkanes) is 35. The quantitative estimate of drug-likeness (QED) is 0.0368. The van der Waals surface area contributed by atoms with Gasteiger partial charge >= 0.3 is 19.8 Å². The van der Waals surface area contributed by atoms with Crippen molar-refractivity contribution in [3.05, 3.63) is 0 Å². The van der Waals surface area contributed by atoms with Crippen molar-refractivity contribution in [2.24, 2.45) is 0 Å². The fourth-order valence-corrected chi connectivity index (χ4v) is 7.83. The summed E-state index contributed by atoms with van der Waals surface area (Å²) in [7, 11) is -3.19. The Morgan fingerprint density at radius 2 is 0.696 bits per heavy atom. The Bertz CT molecular complexity index is 884. The van der Waals surface area contributed by atoms with Gasteiger partial charge in [-0.05, 0) is 12.8 Å². The summed E-state index contributed by atoms with van der Waals surface area (Å²) in [6.45, 7) is 3.94. The maximum atomic E-state index is 12.5. The van der Waals surface area contributed by atoms with Crippen molar-refractivity contribution in [3.63, 3.8) is 0 Å². The lowest BCUT2D eigenvalue weighted by Crippen LogP contribution is -2.29. The summed E-state index contributed by atoms with van der Waals surface area (Å²) in [5.74, 6) is -0.783. The lowest BCUT2D eigenvalue weighted by atomic mass is 10.0. The standard InChI is InChI=1S/C47H93O8P/c1-4-6-8-10-12-14-16-18-20-21-22-23-24-25-26-27-28-30-32-34-36-38-40-42-47(49)55-45(44-54-56(50,51)52-3)43-53-46(48)41-39-37-35-33-31-29-19-17-15-13-11-9-7-5-2/h45H,4-44H2,1-3H3,(H,50,51). The summed E-state index contributed by atoms with van der Waals surface area (Å²) < 4.78 is 32.1. The Balaban J connectivity index is 3.84. The molecule has 0 heterocycles. The third-order valence-corrected chi connectivity index (χ3v) is 12.0. The van der Waals surface area contributed by atoms with Gasteiger partial charge in [0, 0.05) is 20.0 Å². The molecule has 0 aliphatic carbocycles. The van der Waals surface area contributed by atoms with Gasteiger partial charge in [-0.25, -0.2) is 4.57 Å². The molecule has 2 unspecified atom stereocenters. The summed E-state index contributed by atoms with van der Waals surface area (Å²) in [4.78, 5) is 34.5. The number of phosphoric ester groups is 1. The molecule has 0 spiro atoms. The minimum atomic E-state index is -4.26. The van der Waals surface area contributed by atoms with Gasteiger partial charge in [-0.3, -0.25) is 18.6 Å². The molecule has 0 fully saturated rings. The maximum absolute atomic E-state index is 12.5. The van der Waals surface area contributed by atoms with E-state index in [0.29, 0.717) is 6.42 Å². The minimum absolute atomic E-state index is 0.216. The topological polar surface area (TPSA) is 108 Å². The first-order chi connectivity index (χ1) is 27.3. The average Bonchev–Trinajstić information content (AvgIpc) is 3.19. The van der Waals surface area contributed by atoms with Gasteiger partial charge in [0.05, 0.1) is 6.61 Å². The highest BCUT2D eigenvalue weighted by Gasteiger charge is 2.24. The summed E-state index contributed by atoms with van der Waals surface area (Å²) in [5.41, 5.74) is 0. The Kier molecular flexibility index (Phi) is 42.9. The third kappa shape index (κ3) is 42.7. The number of phosphoric acid groups is 1. The molecule has 0 aromatic rings. The predicted molar refractivity (Wildman–Crippen MR) is 235 cm³/mol. The number of rotatable bonds is 46. The van der Waals surface area contributed by atoms with Crippen LogP contribution in [0.5, 0.6) is 0 Å². The van der Waals surface area contributed by atoms with E-state index in [1.807, 2.05) is 0 Å². The lowest BCUT2D eigenvalue weighted by molar-refractivity contribution is -0.161. The van der Waals surface area contributed by atoms with E-state index in [1.165, 1.54) is 199 Å². The molecule has 0 aromatic carbocycles. The van der Waals surface area contributed by atoms with Gasteiger partial charge in [0.15, 0.2) is 6.10 Å². The van der Waals surface area contributed by atoms with Crippen molar-refractivity contribution >= 4 is 19.8 Å². The van der Waals surface area contributed by atoms with Crippen LogP contribution >= 0.6 is 7.82 Å². The van der Waals surface area contributed by atoms with Gasteiger partial charge in [0.25, 0.3) is 0 Å². The Labute approximate surface area is 347 Å². The summed E-state index contributed by atoms with van der Waals surface area (Å²) in [6, 6.07) is 0. The van der Waals surface area contributed by atoms with E-state index in [1.54, 1.807) is 0 Å². The Morgan fingerprint density at radius 1 is 0.429 bits per heavy atom. The van der Waals surface area contributed by atoms with Gasteiger partial charge in [0.2, 0.25) is 0 Å². The molecule has 9 heteroatoms. The molecule has 56 heavy (non-hydrogen) atoms. The van der Waals surface area contributed by atoms with Crippen LogP contribution in [-0.2, 0) is 32.7 Å². The summed E-state index contributed by atoms with van der Waals surface area (Å²) in [5, 5.41) is 0. The van der Waals surface area contributed by atoms with Crippen LogP contribution in [0.2, 0.25) is 0 Å². The van der Waals surface area contributed by atoms with Crippen LogP contribution in [0.3, 0.4) is 0 Å². The van der Waals surface area contributed by atoms with Gasteiger partial charge in [-0.1, -0.05) is 239 Å². The molecule has 0 bridgehead atoms. The number of hydrogen-bond acceptors (Lipinski definition) is 7. The Hall–Kier alpha value is -0.950. The maximum Gasteiger partial charge on any atom is 0.472 e. The fraction of sp³-hybridized carbons (Fsp3) is 0.957. The molecule has 0 saturated heterocycles. The number of carbonyl (C=O) groups is 2. The normalized spacial score (nSPS) is 13.1. The molecule has 0 amide bonds. The van der Waals surface area contributed by atoms with Crippen molar-refractivity contribution in [1.82, 2.24) is 0 Å². The molecule has 8 nitrogen and oxygen atoms in total. The summed E-state index contributed by atoms with van der Waals surface area (Å²) >= 11 is 0. The monoisotopic (exact) mass is 817 g/mol. The molecule has 0 saturated carbocycles. The number of carbonyl (C=O) groups excluding carboxylic acids is 2. The zero-order valence-electron chi connectivity index (χ0n) is 37.3. The van der Waals surface area contributed by atoms with Crippen molar-refractivity contribution in [2.45, 2.75) is 270 Å². The Morgan fingerprint density at radius 3 is 0.982 bits per heavy atom. The van der Waals surface area contributed by atoms with Crippen molar-refractivity contribution in [2.75, 3.05) is 20.3 Å². The van der Waals surface area contributed by atoms with E-state index in [-0.39, 0.29) is 25.6 Å². The zero-order chi connectivity index (χ0) is 41.1. The van der Waals surface area contributed by atoms with Crippen LogP contribution in [0.15, 0.2) is 0 Å².